The summed E-state index contributed by atoms with van der Waals surface area (Å²) in [6, 6.07) is 0.904. The summed E-state index contributed by atoms with van der Waals surface area (Å²) in [5.41, 5.74) is -3.34. The van der Waals surface area contributed by atoms with Crippen LogP contribution in [-0.2, 0) is 9.53 Å². The van der Waals surface area contributed by atoms with Crippen molar-refractivity contribution in [3.63, 3.8) is 0 Å². The molecule has 0 aliphatic carbocycles. The molecule has 0 saturated carbocycles. The van der Waals surface area contributed by atoms with Crippen LogP contribution >= 0.6 is 0 Å². The van der Waals surface area contributed by atoms with Crippen LogP contribution in [0.3, 0.4) is 0 Å². The van der Waals surface area contributed by atoms with Crippen molar-refractivity contribution >= 4 is 23.3 Å². The van der Waals surface area contributed by atoms with Gasteiger partial charge in [-0.3, -0.25) is 14.4 Å². The molecule has 0 aromatic heterocycles. The van der Waals surface area contributed by atoms with Crippen LogP contribution in [0, 0.1) is 11.6 Å². The summed E-state index contributed by atoms with van der Waals surface area (Å²) >= 11 is 0. The second kappa shape index (κ2) is 7.37. The molecule has 1 aliphatic rings. The van der Waals surface area contributed by atoms with Crippen LogP contribution in [0.1, 0.15) is 23.2 Å². The van der Waals surface area contributed by atoms with Gasteiger partial charge in [0.2, 0.25) is 0 Å². The average molecular weight is 394 g/mol. The summed E-state index contributed by atoms with van der Waals surface area (Å²) in [4.78, 5) is 48.6. The van der Waals surface area contributed by atoms with Gasteiger partial charge in [-0.15, -0.1) is 0 Å². The van der Waals surface area contributed by atoms with Gasteiger partial charge in [-0.25, -0.2) is 13.6 Å². The minimum absolute atomic E-state index is 0.140. The molecule has 0 spiro atoms. The number of anilines is 2. The number of carbonyl (C=O) groups excluding carboxylic acids is 2. The molecule has 1 atom stereocenters. The van der Waals surface area contributed by atoms with Crippen molar-refractivity contribution in [2.75, 3.05) is 26.1 Å². The molecule has 10 heteroatoms. The topological polar surface area (TPSA) is 102 Å². The van der Waals surface area contributed by atoms with Gasteiger partial charge in [-0.1, -0.05) is 0 Å². The highest BCUT2D eigenvalue weighted by molar-refractivity contribution is 5.98. The fourth-order valence-electron chi connectivity index (χ4n) is 3.19. The molecular weight excluding hydrogens is 378 g/mol. The number of halogens is 2. The maximum Gasteiger partial charge on any atom is 0.328 e. The zero-order chi connectivity index (χ0) is 20.6. The third-order valence-corrected chi connectivity index (χ3v) is 4.62. The number of benzene rings is 1. The largest absolute Gasteiger partial charge is 0.491 e. The van der Waals surface area contributed by atoms with Crippen molar-refractivity contribution in [3.05, 3.63) is 49.8 Å². The summed E-state index contributed by atoms with van der Waals surface area (Å²) in [5.74, 6) is -4.35. The van der Waals surface area contributed by atoms with Crippen LogP contribution in [0.25, 0.3) is 0 Å². The van der Waals surface area contributed by atoms with Gasteiger partial charge < -0.3 is 19.7 Å². The number of hydrogen-bond acceptors (Lipinski definition) is 7. The van der Waals surface area contributed by atoms with E-state index >= 15 is 0 Å². The summed E-state index contributed by atoms with van der Waals surface area (Å²) in [6.45, 7) is 0.140. The molecule has 1 N–H and O–H groups in total. The maximum absolute atomic E-state index is 14.9. The molecular formula is C18H16F2N2O6. The van der Waals surface area contributed by atoms with Gasteiger partial charge in [0.1, 0.15) is 23.1 Å². The van der Waals surface area contributed by atoms with Gasteiger partial charge in [0.25, 0.3) is 16.8 Å². The van der Waals surface area contributed by atoms with Crippen molar-refractivity contribution in [2.45, 2.75) is 18.9 Å². The molecule has 0 bridgehead atoms. The van der Waals surface area contributed by atoms with Gasteiger partial charge in [-0.05, 0) is 25.0 Å². The molecule has 1 amide bonds. The van der Waals surface area contributed by atoms with Crippen LogP contribution in [0.15, 0.2) is 21.7 Å². The number of amides is 1. The number of nitrogens with one attached hydrogen (secondary N) is 1. The van der Waals surface area contributed by atoms with E-state index in [1.54, 1.807) is 0 Å². The normalized spacial score (nSPS) is 16.3. The number of methoxy groups -OCH3 is 2. The van der Waals surface area contributed by atoms with Crippen LogP contribution in [0.4, 0.5) is 20.2 Å². The van der Waals surface area contributed by atoms with Crippen molar-refractivity contribution in [3.8, 4) is 5.75 Å². The lowest BCUT2D eigenvalue weighted by molar-refractivity contribution is -0.145. The standard InChI is InChI=1S/C18H16F2N2O6/c1-27-16-13(14(23)15(16)24)21-9-6-5-8(19)11(12(9)20)17(25)22-7-3-4-10(22)18(26)28-2/h5-6,10,21H,3-4,7H2,1-2H3/t10-/m0/s1. The van der Waals surface area contributed by atoms with Crippen LogP contribution in [0.2, 0.25) is 0 Å². The Kier molecular flexibility index (Phi) is 5.12. The lowest BCUT2D eigenvalue weighted by atomic mass is 10.1. The lowest BCUT2D eigenvalue weighted by Crippen LogP contribution is -2.41. The first kappa shape index (κ1) is 19.5. The Labute approximate surface area is 157 Å². The Hall–Kier alpha value is -3.30. The molecule has 0 unspecified atom stereocenters. The summed E-state index contributed by atoms with van der Waals surface area (Å²) in [7, 11) is 2.32. The van der Waals surface area contributed by atoms with Gasteiger partial charge in [0.15, 0.2) is 11.6 Å². The van der Waals surface area contributed by atoms with E-state index in [9.17, 15) is 28.0 Å². The van der Waals surface area contributed by atoms with E-state index in [2.05, 4.69) is 10.1 Å². The molecule has 28 heavy (non-hydrogen) atoms. The Bertz CT molecular complexity index is 1030. The van der Waals surface area contributed by atoms with E-state index < -0.39 is 46.0 Å². The molecule has 148 valence electrons. The monoisotopic (exact) mass is 394 g/mol. The molecule has 3 rings (SSSR count). The zero-order valence-electron chi connectivity index (χ0n) is 15.0. The molecule has 2 aromatic carbocycles. The molecule has 8 nitrogen and oxygen atoms in total. The fourth-order valence-corrected chi connectivity index (χ4v) is 3.19. The van der Waals surface area contributed by atoms with Crippen LogP contribution in [0.5, 0.6) is 5.75 Å². The molecule has 1 heterocycles. The number of esters is 1. The Balaban J connectivity index is 1.96. The highest BCUT2D eigenvalue weighted by Crippen LogP contribution is 2.30. The van der Waals surface area contributed by atoms with E-state index in [0.717, 1.165) is 31.3 Å². The minimum Gasteiger partial charge on any atom is -0.491 e. The highest BCUT2D eigenvalue weighted by atomic mass is 19.1. The Morgan fingerprint density at radius 1 is 1.18 bits per heavy atom. The smallest absolute Gasteiger partial charge is 0.328 e. The number of carbonyl (C=O) groups is 2. The number of rotatable bonds is 5. The predicted molar refractivity (Wildman–Crippen MR) is 93.6 cm³/mol. The quantitative estimate of drug-likeness (QED) is 0.598. The van der Waals surface area contributed by atoms with Gasteiger partial charge in [0, 0.05) is 6.54 Å². The number of nitrogens with zero attached hydrogens (tertiary/aromatic N) is 1. The van der Waals surface area contributed by atoms with Gasteiger partial charge in [0.05, 0.1) is 19.9 Å². The summed E-state index contributed by atoms with van der Waals surface area (Å²) in [5, 5.41) is 2.37. The van der Waals surface area contributed by atoms with E-state index in [0.29, 0.717) is 12.8 Å². The maximum atomic E-state index is 14.9. The average Bonchev–Trinajstić information content (AvgIpc) is 3.18. The third kappa shape index (κ3) is 3.00. The molecule has 1 fully saturated rings. The first-order valence-electron chi connectivity index (χ1n) is 8.32. The second-order valence-corrected chi connectivity index (χ2v) is 6.16. The number of hydrogen-bond donors (Lipinski definition) is 1. The van der Waals surface area contributed by atoms with Crippen LogP contribution in [-0.4, -0.2) is 43.6 Å². The first-order chi connectivity index (χ1) is 13.3. The SMILES string of the molecule is COC(=O)[C@@H]1CCCN1C(=O)c1c(F)ccc(Nc2c(OC)c(=O)c2=O)c1F. The van der Waals surface area contributed by atoms with E-state index in [1.807, 2.05) is 0 Å². The van der Waals surface area contributed by atoms with E-state index in [1.165, 1.54) is 0 Å². The first-order valence-corrected chi connectivity index (χ1v) is 8.32. The number of ether oxygens (including phenoxy) is 2. The zero-order valence-corrected chi connectivity index (χ0v) is 15.0. The second-order valence-electron chi connectivity index (χ2n) is 6.16. The van der Waals surface area contributed by atoms with E-state index in [-0.39, 0.29) is 23.7 Å². The van der Waals surface area contributed by atoms with Crippen molar-refractivity contribution < 1.29 is 27.8 Å². The highest BCUT2D eigenvalue weighted by Gasteiger charge is 2.38. The third-order valence-electron chi connectivity index (χ3n) is 4.62. The molecule has 0 radical (unpaired) electrons. The van der Waals surface area contributed by atoms with Crippen LogP contribution < -0.4 is 20.9 Å². The lowest BCUT2D eigenvalue weighted by Gasteiger charge is -2.23. The Morgan fingerprint density at radius 3 is 2.54 bits per heavy atom. The van der Waals surface area contributed by atoms with Crippen molar-refractivity contribution in [2.24, 2.45) is 0 Å². The van der Waals surface area contributed by atoms with Crippen molar-refractivity contribution in [1.82, 2.24) is 4.90 Å². The van der Waals surface area contributed by atoms with Crippen molar-refractivity contribution in [1.29, 1.82) is 0 Å². The van der Waals surface area contributed by atoms with Gasteiger partial charge in [-0.2, -0.15) is 0 Å². The summed E-state index contributed by atoms with van der Waals surface area (Å²) in [6.07, 6.45) is 0.799. The predicted octanol–water partition coefficient (Wildman–Crippen LogP) is 1.09. The minimum atomic E-state index is -1.25. The summed E-state index contributed by atoms with van der Waals surface area (Å²) < 4.78 is 38.6. The number of likely N-dealkylation sites (tertiary alicyclic amines) is 1. The molecule has 1 aliphatic heterocycles. The fraction of sp³-hybridized carbons (Fsp3) is 0.333. The molecule has 2 aromatic rings. The van der Waals surface area contributed by atoms with E-state index in [4.69, 9.17) is 4.74 Å². The molecule has 1 saturated heterocycles. The Morgan fingerprint density at radius 2 is 1.89 bits per heavy atom. The van der Waals surface area contributed by atoms with Gasteiger partial charge >= 0.3 is 5.97 Å².